The molecule has 0 fully saturated rings. The van der Waals surface area contributed by atoms with Crippen molar-refractivity contribution in [3.05, 3.63) is 35.4 Å². The Labute approximate surface area is 113 Å². The van der Waals surface area contributed by atoms with Gasteiger partial charge in [0.1, 0.15) is 0 Å². The monoisotopic (exact) mass is 264 g/mol. The Bertz CT molecular complexity index is 432. The normalized spacial score (nSPS) is 10.0. The summed E-state index contributed by atoms with van der Waals surface area (Å²) in [5.74, 6) is -0.242. The molecule has 0 aliphatic heterocycles. The predicted octanol–water partition coefficient (Wildman–Crippen LogP) is 0.628. The van der Waals surface area contributed by atoms with Crippen LogP contribution in [0, 0.1) is 0 Å². The fourth-order valence-corrected chi connectivity index (χ4v) is 1.68. The highest BCUT2D eigenvalue weighted by Crippen LogP contribution is 2.10. The van der Waals surface area contributed by atoms with Gasteiger partial charge in [0.25, 0.3) is 0 Å². The van der Waals surface area contributed by atoms with Gasteiger partial charge in [-0.05, 0) is 11.1 Å². The summed E-state index contributed by atoms with van der Waals surface area (Å²) in [6, 6.07) is 7.70. The number of nitrogens with one attached hydrogen (secondary N) is 2. The van der Waals surface area contributed by atoms with Crippen molar-refractivity contribution in [3.8, 4) is 0 Å². The second-order valence-corrected chi connectivity index (χ2v) is 4.12. The largest absolute Gasteiger partial charge is 0.469 e. The van der Waals surface area contributed by atoms with E-state index in [2.05, 4.69) is 15.4 Å². The van der Waals surface area contributed by atoms with Crippen molar-refractivity contribution < 1.29 is 14.3 Å². The van der Waals surface area contributed by atoms with Crippen LogP contribution in [0.1, 0.15) is 17.5 Å². The Morgan fingerprint density at radius 3 is 2.53 bits per heavy atom. The van der Waals surface area contributed by atoms with E-state index in [1.807, 2.05) is 24.3 Å². The number of methoxy groups -OCH3 is 1. The Hall–Kier alpha value is -1.88. The molecule has 0 aromatic heterocycles. The molecule has 0 aliphatic rings. The second-order valence-electron chi connectivity index (χ2n) is 4.12. The minimum Gasteiger partial charge on any atom is -0.469 e. The van der Waals surface area contributed by atoms with E-state index in [-0.39, 0.29) is 18.3 Å². The van der Waals surface area contributed by atoms with E-state index < -0.39 is 0 Å². The number of carbonyl (C=O) groups is 2. The second kappa shape index (κ2) is 8.26. The van der Waals surface area contributed by atoms with Crippen molar-refractivity contribution in [1.82, 2.24) is 10.6 Å². The maximum Gasteiger partial charge on any atom is 0.309 e. The van der Waals surface area contributed by atoms with Crippen molar-refractivity contribution in [2.24, 2.45) is 0 Å². The molecule has 2 N–H and O–H groups in total. The van der Waals surface area contributed by atoms with Gasteiger partial charge in [-0.15, -0.1) is 0 Å². The standard InChI is InChI=1S/C14H20N2O3/c1-15-13(17)7-8-16-10-12-6-4-3-5-11(12)9-14(18)19-2/h3-6,16H,7-10H2,1-2H3,(H,15,17). The molecular formula is C14H20N2O3. The van der Waals surface area contributed by atoms with Crippen LogP contribution in [-0.4, -0.2) is 32.6 Å². The van der Waals surface area contributed by atoms with Crippen LogP contribution in [0.3, 0.4) is 0 Å². The molecule has 0 bridgehead atoms. The summed E-state index contributed by atoms with van der Waals surface area (Å²) in [7, 11) is 3.00. The highest BCUT2D eigenvalue weighted by molar-refractivity contribution is 5.75. The van der Waals surface area contributed by atoms with Crippen molar-refractivity contribution in [2.75, 3.05) is 20.7 Å². The van der Waals surface area contributed by atoms with Gasteiger partial charge >= 0.3 is 5.97 Å². The van der Waals surface area contributed by atoms with Crippen molar-refractivity contribution >= 4 is 11.9 Å². The fraction of sp³-hybridized carbons (Fsp3) is 0.429. The molecule has 5 heteroatoms. The number of amides is 1. The third kappa shape index (κ3) is 5.52. The summed E-state index contributed by atoms with van der Waals surface area (Å²) in [6.45, 7) is 1.23. The first-order chi connectivity index (χ1) is 9.17. The van der Waals surface area contributed by atoms with Crippen LogP contribution in [0.5, 0.6) is 0 Å². The molecule has 1 rings (SSSR count). The molecule has 5 nitrogen and oxygen atoms in total. The van der Waals surface area contributed by atoms with Gasteiger partial charge < -0.3 is 15.4 Å². The lowest BCUT2D eigenvalue weighted by Gasteiger charge is -2.09. The Morgan fingerprint density at radius 2 is 1.89 bits per heavy atom. The number of ether oxygens (including phenoxy) is 1. The third-order valence-electron chi connectivity index (χ3n) is 2.80. The molecule has 1 aromatic rings. The van der Waals surface area contributed by atoms with Crippen LogP contribution in [-0.2, 0) is 27.3 Å². The highest BCUT2D eigenvalue weighted by atomic mass is 16.5. The average Bonchev–Trinajstić information content (AvgIpc) is 2.44. The van der Waals surface area contributed by atoms with Crippen LogP contribution in [0.2, 0.25) is 0 Å². The van der Waals surface area contributed by atoms with E-state index in [4.69, 9.17) is 0 Å². The van der Waals surface area contributed by atoms with Crippen LogP contribution >= 0.6 is 0 Å². The first kappa shape index (κ1) is 15.2. The Balaban J connectivity index is 2.48. The van der Waals surface area contributed by atoms with Gasteiger partial charge in [-0.25, -0.2) is 0 Å². The summed E-state index contributed by atoms with van der Waals surface area (Å²) < 4.78 is 4.67. The van der Waals surface area contributed by atoms with E-state index in [0.717, 1.165) is 11.1 Å². The first-order valence-electron chi connectivity index (χ1n) is 6.22. The quantitative estimate of drug-likeness (QED) is 0.560. The zero-order valence-electron chi connectivity index (χ0n) is 11.4. The van der Waals surface area contributed by atoms with E-state index in [9.17, 15) is 9.59 Å². The number of esters is 1. The number of benzene rings is 1. The van der Waals surface area contributed by atoms with Gasteiger partial charge in [-0.1, -0.05) is 24.3 Å². The lowest BCUT2D eigenvalue weighted by Crippen LogP contribution is -2.24. The lowest BCUT2D eigenvalue weighted by molar-refractivity contribution is -0.139. The summed E-state index contributed by atoms with van der Waals surface area (Å²) in [6.07, 6.45) is 0.708. The molecule has 0 radical (unpaired) electrons. The van der Waals surface area contributed by atoms with E-state index >= 15 is 0 Å². The molecule has 0 aliphatic carbocycles. The van der Waals surface area contributed by atoms with Crippen LogP contribution in [0.25, 0.3) is 0 Å². The smallest absolute Gasteiger partial charge is 0.309 e. The average molecular weight is 264 g/mol. The highest BCUT2D eigenvalue weighted by Gasteiger charge is 2.07. The van der Waals surface area contributed by atoms with Gasteiger partial charge in [-0.3, -0.25) is 9.59 Å². The van der Waals surface area contributed by atoms with Gasteiger partial charge in [0.2, 0.25) is 5.91 Å². The number of carbonyl (C=O) groups excluding carboxylic acids is 2. The summed E-state index contributed by atoms with van der Waals surface area (Å²) in [4.78, 5) is 22.4. The predicted molar refractivity (Wildman–Crippen MR) is 72.6 cm³/mol. The minimum atomic E-state index is -0.252. The molecule has 0 unspecified atom stereocenters. The van der Waals surface area contributed by atoms with E-state index in [1.54, 1.807) is 7.05 Å². The molecule has 1 amide bonds. The van der Waals surface area contributed by atoms with Crippen LogP contribution in [0.15, 0.2) is 24.3 Å². The molecule has 0 atom stereocenters. The lowest BCUT2D eigenvalue weighted by atomic mass is 10.0. The zero-order chi connectivity index (χ0) is 14.1. The van der Waals surface area contributed by atoms with Gasteiger partial charge in [0, 0.05) is 26.6 Å². The summed E-state index contributed by atoms with van der Waals surface area (Å²) in [5.41, 5.74) is 1.99. The molecule has 0 saturated heterocycles. The molecule has 19 heavy (non-hydrogen) atoms. The van der Waals surface area contributed by atoms with Crippen LogP contribution in [0.4, 0.5) is 0 Å². The molecule has 0 spiro atoms. The summed E-state index contributed by atoms with van der Waals surface area (Å²) >= 11 is 0. The topological polar surface area (TPSA) is 67.4 Å². The van der Waals surface area contributed by atoms with Crippen molar-refractivity contribution in [2.45, 2.75) is 19.4 Å². The van der Waals surface area contributed by atoms with Gasteiger partial charge in [0.15, 0.2) is 0 Å². The number of rotatable bonds is 7. The Morgan fingerprint density at radius 1 is 1.21 bits per heavy atom. The first-order valence-corrected chi connectivity index (χ1v) is 6.22. The van der Waals surface area contributed by atoms with Gasteiger partial charge in [-0.2, -0.15) is 0 Å². The fourth-order valence-electron chi connectivity index (χ4n) is 1.68. The third-order valence-corrected chi connectivity index (χ3v) is 2.80. The Kier molecular flexibility index (Phi) is 6.60. The van der Waals surface area contributed by atoms with Crippen molar-refractivity contribution in [3.63, 3.8) is 0 Å². The van der Waals surface area contributed by atoms with Crippen LogP contribution < -0.4 is 10.6 Å². The zero-order valence-corrected chi connectivity index (χ0v) is 11.4. The SMILES string of the molecule is CNC(=O)CCNCc1ccccc1CC(=O)OC. The number of hydrogen-bond acceptors (Lipinski definition) is 4. The maximum absolute atomic E-state index is 11.3. The molecule has 0 heterocycles. The van der Waals surface area contributed by atoms with E-state index in [1.165, 1.54) is 7.11 Å². The minimum absolute atomic E-state index is 0.00958. The molecular weight excluding hydrogens is 244 g/mol. The summed E-state index contributed by atoms with van der Waals surface area (Å²) in [5, 5.41) is 5.75. The molecule has 0 saturated carbocycles. The van der Waals surface area contributed by atoms with Crippen molar-refractivity contribution in [1.29, 1.82) is 0 Å². The van der Waals surface area contributed by atoms with Gasteiger partial charge in [0.05, 0.1) is 13.5 Å². The maximum atomic E-state index is 11.3. The number of hydrogen-bond donors (Lipinski definition) is 2. The molecule has 104 valence electrons. The van der Waals surface area contributed by atoms with E-state index in [0.29, 0.717) is 19.5 Å². The molecule has 1 aromatic carbocycles.